The minimum Gasteiger partial charge on any atom is -0.337 e. The summed E-state index contributed by atoms with van der Waals surface area (Å²) in [4.78, 5) is 31.1. The van der Waals surface area contributed by atoms with Gasteiger partial charge in [0.15, 0.2) is 11.5 Å². The molecule has 0 radical (unpaired) electrons. The molecule has 24 heavy (non-hydrogen) atoms. The highest BCUT2D eigenvalue weighted by Crippen LogP contribution is 2.39. The van der Waals surface area contributed by atoms with E-state index in [0.29, 0.717) is 17.2 Å². The van der Waals surface area contributed by atoms with Crippen LogP contribution in [0.3, 0.4) is 0 Å². The minimum atomic E-state index is -0.581. The molecule has 122 valence electrons. The molecule has 0 saturated heterocycles. The van der Waals surface area contributed by atoms with Crippen molar-refractivity contribution < 1.29 is 9.59 Å². The summed E-state index contributed by atoms with van der Waals surface area (Å²) >= 11 is 0. The number of hydrogen-bond acceptors (Lipinski definition) is 4. The molecule has 0 saturated carbocycles. The van der Waals surface area contributed by atoms with Gasteiger partial charge in [-0.1, -0.05) is 0 Å². The Bertz CT molecular complexity index is 997. The maximum absolute atomic E-state index is 12.1. The molecule has 1 aliphatic heterocycles. The van der Waals surface area contributed by atoms with E-state index in [1.54, 1.807) is 6.20 Å². The van der Waals surface area contributed by atoms with Gasteiger partial charge in [0.05, 0.1) is 22.1 Å². The second kappa shape index (κ2) is 4.67. The number of imidazole rings is 1. The summed E-state index contributed by atoms with van der Waals surface area (Å²) in [5.41, 5.74) is 3.75. The van der Waals surface area contributed by atoms with E-state index in [1.807, 2.05) is 26.0 Å². The monoisotopic (exact) mass is 324 g/mol. The molecular weight excluding hydrogens is 308 g/mol. The van der Waals surface area contributed by atoms with Gasteiger partial charge in [-0.15, -0.1) is 0 Å². The number of fused-ring (bicyclic) bond motifs is 2. The van der Waals surface area contributed by atoms with Gasteiger partial charge in [0, 0.05) is 18.8 Å². The zero-order valence-electron chi connectivity index (χ0n) is 13.4. The van der Waals surface area contributed by atoms with Gasteiger partial charge in [0.1, 0.15) is 0 Å². The molecule has 0 aliphatic carbocycles. The van der Waals surface area contributed by atoms with Gasteiger partial charge in [-0.05, 0) is 31.5 Å². The van der Waals surface area contributed by atoms with Crippen LogP contribution in [0.25, 0.3) is 22.6 Å². The molecule has 2 amide bonds. The fourth-order valence-electron chi connectivity index (χ4n) is 2.95. The molecule has 0 spiro atoms. The van der Waals surface area contributed by atoms with Crippen molar-refractivity contribution in [3.8, 4) is 11.5 Å². The third-order valence-electron chi connectivity index (χ3n) is 4.29. The summed E-state index contributed by atoms with van der Waals surface area (Å²) in [7, 11) is 0. The summed E-state index contributed by atoms with van der Waals surface area (Å²) in [6.45, 7) is 5.21. The highest BCUT2D eigenvalue weighted by molar-refractivity contribution is 6.07. The van der Waals surface area contributed by atoms with E-state index < -0.39 is 5.41 Å². The zero-order valence-corrected chi connectivity index (χ0v) is 13.4. The van der Waals surface area contributed by atoms with E-state index in [0.717, 1.165) is 22.3 Å². The van der Waals surface area contributed by atoms with Crippen LogP contribution in [-0.2, 0) is 15.0 Å². The van der Waals surface area contributed by atoms with Crippen molar-refractivity contribution in [3.63, 3.8) is 0 Å². The summed E-state index contributed by atoms with van der Waals surface area (Å²) in [6, 6.07) is 3.78. The number of amides is 2. The molecule has 0 fully saturated rings. The standard InChI is InChI=1S/C16H16N6O2/c1-7(23)18-12-6-17-22-13(12)14-19-10-4-8-9(5-11(10)20-14)21-15(24)16(8,2)3/h4-6H,1-3H3,(H,17,22)(H,18,23)(H,19,20)(H,21,24). The van der Waals surface area contributed by atoms with Crippen molar-refractivity contribution in [2.75, 3.05) is 10.6 Å². The zero-order chi connectivity index (χ0) is 17.1. The number of nitrogens with one attached hydrogen (secondary N) is 4. The Morgan fingerprint density at radius 1 is 1.29 bits per heavy atom. The second-order valence-corrected chi connectivity index (χ2v) is 6.41. The van der Waals surface area contributed by atoms with Gasteiger partial charge in [0.25, 0.3) is 0 Å². The van der Waals surface area contributed by atoms with Gasteiger partial charge in [-0.3, -0.25) is 14.7 Å². The predicted octanol–water partition coefficient (Wildman–Crippen LogP) is 2.14. The minimum absolute atomic E-state index is 0.0226. The molecular formula is C16H16N6O2. The Labute approximate surface area is 137 Å². The van der Waals surface area contributed by atoms with Crippen molar-refractivity contribution >= 4 is 34.2 Å². The van der Waals surface area contributed by atoms with Crippen molar-refractivity contribution in [3.05, 3.63) is 23.9 Å². The third-order valence-corrected chi connectivity index (χ3v) is 4.29. The molecule has 3 aromatic rings. The van der Waals surface area contributed by atoms with Crippen LogP contribution in [0.5, 0.6) is 0 Å². The number of aromatic nitrogens is 4. The van der Waals surface area contributed by atoms with E-state index in [2.05, 4.69) is 30.8 Å². The topological polar surface area (TPSA) is 116 Å². The van der Waals surface area contributed by atoms with Gasteiger partial charge < -0.3 is 15.6 Å². The van der Waals surface area contributed by atoms with Gasteiger partial charge in [0.2, 0.25) is 11.8 Å². The lowest BCUT2D eigenvalue weighted by molar-refractivity contribution is -0.119. The lowest BCUT2D eigenvalue weighted by atomic mass is 9.86. The summed E-state index contributed by atoms with van der Waals surface area (Å²) in [5, 5.41) is 12.5. The molecule has 8 heteroatoms. The molecule has 0 atom stereocenters. The van der Waals surface area contributed by atoms with Gasteiger partial charge >= 0.3 is 0 Å². The molecule has 0 bridgehead atoms. The van der Waals surface area contributed by atoms with Crippen LogP contribution in [0.1, 0.15) is 26.3 Å². The largest absolute Gasteiger partial charge is 0.337 e. The van der Waals surface area contributed by atoms with Crippen LogP contribution in [0, 0.1) is 0 Å². The number of aromatic amines is 2. The molecule has 1 aromatic carbocycles. The van der Waals surface area contributed by atoms with Crippen LogP contribution in [0.2, 0.25) is 0 Å². The number of benzene rings is 1. The number of carbonyl (C=O) groups excluding carboxylic acids is 2. The summed E-state index contributed by atoms with van der Waals surface area (Å²) in [6.07, 6.45) is 1.60. The van der Waals surface area contributed by atoms with E-state index in [9.17, 15) is 9.59 Å². The van der Waals surface area contributed by atoms with Crippen LogP contribution in [0.15, 0.2) is 18.3 Å². The first-order valence-corrected chi connectivity index (χ1v) is 7.53. The lowest BCUT2D eigenvalue weighted by Crippen LogP contribution is -2.26. The molecule has 3 heterocycles. The summed E-state index contributed by atoms with van der Waals surface area (Å²) in [5.74, 6) is 0.339. The maximum atomic E-state index is 12.1. The Morgan fingerprint density at radius 3 is 2.83 bits per heavy atom. The van der Waals surface area contributed by atoms with Crippen molar-refractivity contribution in [1.29, 1.82) is 0 Å². The van der Waals surface area contributed by atoms with Crippen LogP contribution < -0.4 is 10.6 Å². The molecule has 8 nitrogen and oxygen atoms in total. The van der Waals surface area contributed by atoms with E-state index >= 15 is 0 Å². The first-order valence-electron chi connectivity index (χ1n) is 7.53. The Morgan fingerprint density at radius 2 is 2.08 bits per heavy atom. The lowest BCUT2D eigenvalue weighted by Gasteiger charge is -2.14. The number of carbonyl (C=O) groups is 2. The Hall–Kier alpha value is -3.16. The SMILES string of the molecule is CC(=O)Nc1c[nH]nc1-c1nc2cc3c(cc2[nH]1)C(C)(C)C(=O)N3. The number of rotatable bonds is 2. The van der Waals surface area contributed by atoms with E-state index in [1.165, 1.54) is 6.92 Å². The first kappa shape index (κ1) is 14.4. The Balaban J connectivity index is 1.83. The van der Waals surface area contributed by atoms with E-state index in [-0.39, 0.29) is 11.8 Å². The van der Waals surface area contributed by atoms with E-state index in [4.69, 9.17) is 0 Å². The molecule has 4 rings (SSSR count). The molecule has 0 unspecified atom stereocenters. The van der Waals surface area contributed by atoms with Crippen LogP contribution in [-0.4, -0.2) is 32.0 Å². The first-order chi connectivity index (χ1) is 11.4. The number of hydrogen-bond donors (Lipinski definition) is 4. The molecule has 1 aliphatic rings. The number of anilines is 2. The molecule has 2 aromatic heterocycles. The number of H-pyrrole nitrogens is 2. The van der Waals surface area contributed by atoms with Crippen molar-refractivity contribution in [1.82, 2.24) is 20.2 Å². The highest BCUT2D eigenvalue weighted by atomic mass is 16.2. The van der Waals surface area contributed by atoms with Gasteiger partial charge in [-0.2, -0.15) is 5.10 Å². The summed E-state index contributed by atoms with van der Waals surface area (Å²) < 4.78 is 0. The fourth-order valence-corrected chi connectivity index (χ4v) is 2.95. The quantitative estimate of drug-likeness (QED) is 0.578. The van der Waals surface area contributed by atoms with Crippen LogP contribution >= 0.6 is 0 Å². The third kappa shape index (κ3) is 1.99. The average Bonchev–Trinajstić information content (AvgIpc) is 3.15. The van der Waals surface area contributed by atoms with Crippen molar-refractivity contribution in [2.24, 2.45) is 0 Å². The van der Waals surface area contributed by atoms with Crippen molar-refractivity contribution in [2.45, 2.75) is 26.2 Å². The second-order valence-electron chi connectivity index (χ2n) is 6.41. The molecule has 4 N–H and O–H groups in total. The normalized spacial score (nSPS) is 15.4. The van der Waals surface area contributed by atoms with Crippen LogP contribution in [0.4, 0.5) is 11.4 Å². The van der Waals surface area contributed by atoms with Gasteiger partial charge in [-0.25, -0.2) is 4.98 Å². The fraction of sp³-hybridized carbons (Fsp3) is 0.250. The maximum Gasteiger partial charge on any atom is 0.234 e. The average molecular weight is 324 g/mol. The highest BCUT2D eigenvalue weighted by Gasteiger charge is 2.38. The number of nitrogens with zero attached hydrogens (tertiary/aromatic N) is 2. The predicted molar refractivity (Wildman–Crippen MR) is 89.6 cm³/mol. The Kier molecular flexibility index (Phi) is 2.81. The smallest absolute Gasteiger partial charge is 0.234 e.